The Bertz CT molecular complexity index is 1030. The monoisotopic (exact) mass is 482 g/mol. The van der Waals surface area contributed by atoms with Gasteiger partial charge < -0.3 is 15.0 Å². The Morgan fingerprint density at radius 3 is 2.35 bits per heavy atom. The maximum atomic E-state index is 12.7. The van der Waals surface area contributed by atoms with Crippen LogP contribution < -0.4 is 5.32 Å². The molecular weight excluding hydrogens is 452 g/mol. The molecule has 34 heavy (non-hydrogen) atoms. The van der Waals surface area contributed by atoms with E-state index in [4.69, 9.17) is 4.74 Å². The lowest BCUT2D eigenvalue weighted by molar-refractivity contribution is -0.129. The molecule has 3 rings (SSSR count). The number of carbonyl (C=O) groups is 4. The van der Waals surface area contributed by atoms with Gasteiger partial charge in [0.2, 0.25) is 5.91 Å². The van der Waals surface area contributed by atoms with Crippen LogP contribution >= 0.6 is 11.8 Å². The van der Waals surface area contributed by atoms with Crippen molar-refractivity contribution in [3.63, 3.8) is 0 Å². The van der Waals surface area contributed by atoms with Crippen molar-refractivity contribution in [2.45, 2.75) is 50.0 Å². The molecule has 0 heterocycles. The van der Waals surface area contributed by atoms with E-state index in [0.717, 1.165) is 25.7 Å². The van der Waals surface area contributed by atoms with E-state index in [1.807, 2.05) is 11.9 Å². The first-order valence-electron chi connectivity index (χ1n) is 11.4. The van der Waals surface area contributed by atoms with E-state index in [-0.39, 0.29) is 17.4 Å². The van der Waals surface area contributed by atoms with Gasteiger partial charge in [-0.25, -0.2) is 4.79 Å². The Morgan fingerprint density at radius 2 is 1.68 bits per heavy atom. The summed E-state index contributed by atoms with van der Waals surface area (Å²) in [6, 6.07) is 13.7. The predicted molar refractivity (Wildman–Crippen MR) is 132 cm³/mol. The summed E-state index contributed by atoms with van der Waals surface area (Å²) in [6.07, 6.45) is 5.62. The normalized spacial score (nSPS) is 13.7. The van der Waals surface area contributed by atoms with Gasteiger partial charge in [-0.05, 0) is 56.2 Å². The number of ether oxygens (including phenoxy) is 1. The van der Waals surface area contributed by atoms with Gasteiger partial charge in [-0.3, -0.25) is 14.4 Å². The Morgan fingerprint density at radius 1 is 1.00 bits per heavy atom. The first kappa shape index (κ1) is 25.5. The van der Waals surface area contributed by atoms with Crippen molar-refractivity contribution in [1.82, 2.24) is 4.90 Å². The molecule has 0 saturated heterocycles. The number of Topliss-reactive ketones (excluding diaryl/α,β-unsaturated/α-hetero) is 1. The molecule has 2 aromatic carbocycles. The smallest absolute Gasteiger partial charge is 0.339 e. The van der Waals surface area contributed by atoms with Gasteiger partial charge in [-0.1, -0.05) is 31.4 Å². The number of rotatable bonds is 9. The maximum absolute atomic E-state index is 12.7. The molecule has 0 aliphatic heterocycles. The minimum atomic E-state index is -0.627. The van der Waals surface area contributed by atoms with Crippen molar-refractivity contribution in [3.8, 4) is 0 Å². The fourth-order valence-electron chi connectivity index (χ4n) is 3.87. The minimum absolute atomic E-state index is 0.0373. The molecule has 7 nitrogen and oxygen atoms in total. The van der Waals surface area contributed by atoms with E-state index in [1.54, 1.807) is 48.5 Å². The molecule has 0 unspecified atom stereocenters. The van der Waals surface area contributed by atoms with Crippen molar-refractivity contribution in [2.24, 2.45) is 0 Å². The van der Waals surface area contributed by atoms with Crippen LogP contribution in [-0.2, 0) is 14.3 Å². The lowest BCUT2D eigenvalue weighted by Crippen LogP contribution is -2.39. The summed E-state index contributed by atoms with van der Waals surface area (Å²) in [5, 5.41) is 2.63. The van der Waals surface area contributed by atoms with E-state index < -0.39 is 18.5 Å². The third kappa shape index (κ3) is 7.18. The summed E-state index contributed by atoms with van der Waals surface area (Å²) >= 11 is 1.30. The lowest BCUT2D eigenvalue weighted by atomic mass is 9.94. The number of hydrogen-bond acceptors (Lipinski definition) is 6. The van der Waals surface area contributed by atoms with Crippen molar-refractivity contribution < 1.29 is 23.9 Å². The zero-order chi connectivity index (χ0) is 24.5. The molecule has 2 amide bonds. The van der Waals surface area contributed by atoms with Crippen molar-refractivity contribution >= 4 is 41.0 Å². The number of nitrogens with one attached hydrogen (secondary N) is 1. The number of ketones is 1. The quantitative estimate of drug-likeness (QED) is 0.320. The third-order valence-electron chi connectivity index (χ3n) is 5.88. The van der Waals surface area contributed by atoms with Crippen LogP contribution in [0, 0.1) is 0 Å². The van der Waals surface area contributed by atoms with Gasteiger partial charge in [0.05, 0.1) is 11.3 Å². The van der Waals surface area contributed by atoms with Crippen molar-refractivity contribution in [3.05, 3.63) is 59.7 Å². The second-order valence-corrected chi connectivity index (χ2v) is 9.36. The van der Waals surface area contributed by atoms with Gasteiger partial charge in [0.15, 0.2) is 12.4 Å². The molecule has 1 fully saturated rings. The molecular formula is C26H30N2O5S. The second kappa shape index (κ2) is 12.4. The van der Waals surface area contributed by atoms with Gasteiger partial charge in [0, 0.05) is 29.2 Å². The number of nitrogens with zero attached hydrogens (tertiary/aromatic N) is 1. The number of hydrogen-bond donors (Lipinski definition) is 1. The molecule has 0 spiro atoms. The minimum Gasteiger partial charge on any atom is -0.452 e. The fraction of sp³-hybridized carbons (Fsp3) is 0.385. The standard InChI is InChI=1S/C26H30N2O5S/c1-18(29)19-12-14-20(15-13-19)27-24(30)16-33-26(32)22-10-6-7-11-23(22)34-17-25(31)28(2)21-8-4-3-5-9-21/h6-7,10-15,21H,3-5,8-9,16-17H2,1-2H3,(H,27,30). The number of anilines is 1. The summed E-state index contributed by atoms with van der Waals surface area (Å²) in [5.41, 5.74) is 1.36. The molecule has 1 N–H and O–H groups in total. The molecule has 1 aliphatic carbocycles. The number of amides is 2. The van der Waals surface area contributed by atoms with Crippen LogP contribution in [0.25, 0.3) is 0 Å². The summed E-state index contributed by atoms with van der Waals surface area (Å²) in [6.45, 7) is 1.02. The zero-order valence-corrected chi connectivity index (χ0v) is 20.4. The summed E-state index contributed by atoms with van der Waals surface area (Å²) in [5.74, 6) is -0.911. The molecule has 2 aromatic rings. The molecule has 0 radical (unpaired) electrons. The number of thioether (sulfide) groups is 1. The Balaban J connectivity index is 1.51. The third-order valence-corrected chi connectivity index (χ3v) is 6.94. The highest BCUT2D eigenvalue weighted by atomic mass is 32.2. The SMILES string of the molecule is CC(=O)c1ccc(NC(=O)COC(=O)c2ccccc2SCC(=O)N(C)C2CCCCC2)cc1. The average Bonchev–Trinajstić information content (AvgIpc) is 2.86. The highest BCUT2D eigenvalue weighted by molar-refractivity contribution is 8.00. The van der Waals surface area contributed by atoms with Gasteiger partial charge in [0.25, 0.3) is 5.91 Å². The first-order valence-corrected chi connectivity index (χ1v) is 12.4. The Labute approximate surface area is 204 Å². The predicted octanol–water partition coefficient (Wildman–Crippen LogP) is 4.57. The molecule has 1 aliphatic rings. The van der Waals surface area contributed by atoms with Crippen LogP contribution in [0.2, 0.25) is 0 Å². The lowest BCUT2D eigenvalue weighted by Gasteiger charge is -2.31. The number of benzene rings is 2. The van der Waals surface area contributed by atoms with Crippen LogP contribution in [0.15, 0.2) is 53.4 Å². The van der Waals surface area contributed by atoms with Gasteiger partial charge in [0.1, 0.15) is 0 Å². The summed E-state index contributed by atoms with van der Waals surface area (Å²) in [7, 11) is 1.85. The van der Waals surface area contributed by atoms with Crippen molar-refractivity contribution in [2.75, 3.05) is 24.7 Å². The fourth-order valence-corrected chi connectivity index (χ4v) is 4.83. The van der Waals surface area contributed by atoms with Crippen LogP contribution in [0.5, 0.6) is 0 Å². The van der Waals surface area contributed by atoms with Gasteiger partial charge in [-0.15, -0.1) is 11.8 Å². The van der Waals surface area contributed by atoms with Gasteiger partial charge in [-0.2, -0.15) is 0 Å². The van der Waals surface area contributed by atoms with Crippen molar-refractivity contribution in [1.29, 1.82) is 0 Å². The molecule has 0 aromatic heterocycles. The van der Waals surface area contributed by atoms with Crippen LogP contribution in [0.1, 0.15) is 59.7 Å². The van der Waals surface area contributed by atoms with Crippen LogP contribution in [0.4, 0.5) is 5.69 Å². The van der Waals surface area contributed by atoms with Crippen LogP contribution in [0.3, 0.4) is 0 Å². The molecule has 0 bridgehead atoms. The van der Waals surface area contributed by atoms with Gasteiger partial charge >= 0.3 is 5.97 Å². The molecule has 8 heteroatoms. The summed E-state index contributed by atoms with van der Waals surface area (Å²) in [4.78, 5) is 51.3. The van der Waals surface area contributed by atoms with E-state index >= 15 is 0 Å². The first-order chi connectivity index (χ1) is 16.3. The van der Waals surface area contributed by atoms with Crippen LogP contribution in [-0.4, -0.2) is 53.9 Å². The molecule has 180 valence electrons. The summed E-state index contributed by atoms with van der Waals surface area (Å²) < 4.78 is 5.20. The van der Waals surface area contributed by atoms with E-state index in [2.05, 4.69) is 5.32 Å². The molecule has 1 saturated carbocycles. The Hall–Kier alpha value is -3.13. The average molecular weight is 483 g/mol. The van der Waals surface area contributed by atoms with E-state index in [9.17, 15) is 19.2 Å². The Kier molecular flexibility index (Phi) is 9.27. The van der Waals surface area contributed by atoms with E-state index in [0.29, 0.717) is 27.8 Å². The number of carbonyl (C=O) groups excluding carboxylic acids is 4. The van der Waals surface area contributed by atoms with E-state index in [1.165, 1.54) is 25.1 Å². The second-order valence-electron chi connectivity index (χ2n) is 8.34. The molecule has 0 atom stereocenters. The largest absolute Gasteiger partial charge is 0.452 e. The zero-order valence-electron chi connectivity index (χ0n) is 19.5. The maximum Gasteiger partial charge on any atom is 0.339 e. The highest BCUT2D eigenvalue weighted by Gasteiger charge is 2.23. The highest BCUT2D eigenvalue weighted by Crippen LogP contribution is 2.26. The number of esters is 1. The topological polar surface area (TPSA) is 92.8 Å².